The number of aromatic carboxylic acids is 1. The third-order valence-corrected chi connectivity index (χ3v) is 14.9. The number of pyridine rings is 1. The molecule has 4 saturated carbocycles. The Morgan fingerprint density at radius 1 is 1.07 bits per heavy atom. The number of piperidine rings is 1. The van der Waals surface area contributed by atoms with Gasteiger partial charge in [-0.05, 0) is 94.9 Å². The maximum Gasteiger partial charge on any atom is 0.341 e. The highest BCUT2D eigenvalue weighted by Crippen LogP contribution is 2.69. The fourth-order valence-electron chi connectivity index (χ4n) is 11.8. The number of rotatable bonds is 6. The zero-order chi connectivity index (χ0) is 41.0. The van der Waals surface area contributed by atoms with E-state index in [0.29, 0.717) is 53.9 Å². The zero-order valence-electron chi connectivity index (χ0n) is 32.3. The van der Waals surface area contributed by atoms with E-state index >= 15 is 8.78 Å². The van der Waals surface area contributed by atoms with Crippen LogP contribution in [0.25, 0.3) is 10.9 Å². The average Bonchev–Trinajstić information content (AvgIpc) is 3.90. The monoisotopic (exact) mass is 795 g/mol. The Morgan fingerprint density at radius 2 is 1.81 bits per heavy atom. The van der Waals surface area contributed by atoms with Crippen molar-refractivity contribution >= 4 is 34.1 Å². The fraction of sp³-hybridized carbons (Fsp3) is 0.619. The molecule has 2 aromatic rings. The number of anilines is 1. The Bertz CT molecular complexity index is 2160. The molecule has 2 saturated heterocycles. The molecule has 10 atom stereocenters. The number of halogens is 2. The summed E-state index contributed by atoms with van der Waals surface area (Å²) in [6.07, 6.45) is 7.33. The number of ketones is 2. The molecular weight excluding hydrogens is 744 g/mol. The second-order valence-electron chi connectivity index (χ2n) is 17.7. The highest BCUT2D eigenvalue weighted by molar-refractivity contribution is 6.01. The largest absolute Gasteiger partial charge is 0.492 e. The van der Waals surface area contributed by atoms with Gasteiger partial charge in [0.25, 0.3) is 0 Å². The smallest absolute Gasteiger partial charge is 0.341 e. The summed E-state index contributed by atoms with van der Waals surface area (Å²) < 4.78 is 39.6. The Balaban J connectivity index is 0.000000160. The van der Waals surface area contributed by atoms with Crippen molar-refractivity contribution in [2.45, 2.75) is 101 Å². The van der Waals surface area contributed by atoms with Crippen LogP contribution in [0.3, 0.4) is 0 Å². The number of aliphatic hydroxyl groups excluding tert-OH is 3. The molecule has 13 nitrogen and oxygen atoms in total. The van der Waals surface area contributed by atoms with Crippen LogP contribution < -0.4 is 20.4 Å². The summed E-state index contributed by atoms with van der Waals surface area (Å²) in [5.41, 5.74) is -6.27. The van der Waals surface area contributed by atoms with Crippen molar-refractivity contribution in [2.75, 3.05) is 38.3 Å². The number of methoxy groups -OCH3 is 1. The molecule has 308 valence electrons. The van der Waals surface area contributed by atoms with Gasteiger partial charge in [-0.1, -0.05) is 18.6 Å². The number of nitrogens with zero attached hydrogens (tertiary/aromatic N) is 2. The van der Waals surface area contributed by atoms with Crippen LogP contribution in [-0.2, 0) is 9.59 Å². The molecule has 1 aromatic carbocycles. The van der Waals surface area contributed by atoms with Crippen LogP contribution in [0.2, 0.25) is 0 Å². The predicted molar refractivity (Wildman–Crippen MR) is 203 cm³/mol. The lowest BCUT2D eigenvalue weighted by atomic mass is 9.44. The van der Waals surface area contributed by atoms with E-state index in [4.69, 9.17) is 4.74 Å². The van der Waals surface area contributed by atoms with Gasteiger partial charge in [-0.2, -0.15) is 0 Å². The van der Waals surface area contributed by atoms with E-state index in [-0.39, 0.29) is 35.6 Å². The minimum atomic E-state index is -2.23. The first-order valence-electron chi connectivity index (χ1n) is 20.0. The normalized spacial score (nSPS) is 38.0. The predicted octanol–water partition coefficient (Wildman–Crippen LogP) is 2.99. The van der Waals surface area contributed by atoms with Crippen molar-refractivity contribution in [2.24, 2.45) is 28.6 Å². The summed E-state index contributed by atoms with van der Waals surface area (Å²) in [7, 11) is 1.48. The van der Waals surface area contributed by atoms with Crippen LogP contribution >= 0.6 is 0 Å². The number of carboxylic acid groups (broad SMARTS) is 1. The van der Waals surface area contributed by atoms with Gasteiger partial charge in [0.1, 0.15) is 17.9 Å². The van der Waals surface area contributed by atoms with E-state index < -0.39 is 75.7 Å². The van der Waals surface area contributed by atoms with Gasteiger partial charge in [-0.15, -0.1) is 0 Å². The van der Waals surface area contributed by atoms with Crippen molar-refractivity contribution in [3.63, 3.8) is 0 Å². The van der Waals surface area contributed by atoms with Crippen molar-refractivity contribution in [1.82, 2.24) is 9.88 Å². The maximum atomic E-state index is 16.8. The Kier molecular flexibility index (Phi) is 9.63. The van der Waals surface area contributed by atoms with E-state index in [0.717, 1.165) is 38.8 Å². The van der Waals surface area contributed by atoms with Crippen LogP contribution in [0.1, 0.15) is 81.6 Å². The summed E-state index contributed by atoms with van der Waals surface area (Å²) in [6.45, 7) is 4.73. The van der Waals surface area contributed by atoms with Gasteiger partial charge in [0, 0.05) is 48.1 Å². The third kappa shape index (κ3) is 5.62. The molecule has 0 spiro atoms. The molecule has 5 aliphatic carbocycles. The zero-order valence-corrected chi connectivity index (χ0v) is 32.3. The van der Waals surface area contributed by atoms with Gasteiger partial charge in [-0.25, -0.2) is 13.6 Å². The first-order chi connectivity index (χ1) is 27.0. The third-order valence-electron chi connectivity index (χ3n) is 14.9. The Hall–Kier alpha value is -4.02. The fourth-order valence-corrected chi connectivity index (χ4v) is 11.8. The molecular formula is C42H51F2N3O10. The van der Waals surface area contributed by atoms with Crippen molar-refractivity contribution in [3.05, 3.63) is 57.7 Å². The molecule has 2 aliphatic heterocycles. The topological polar surface area (TPSA) is 199 Å². The Labute approximate surface area is 328 Å². The number of ether oxygens (including phenoxy) is 1. The lowest BCUT2D eigenvalue weighted by Gasteiger charge is -2.62. The Morgan fingerprint density at radius 3 is 2.46 bits per heavy atom. The van der Waals surface area contributed by atoms with Gasteiger partial charge in [-0.3, -0.25) is 14.4 Å². The molecule has 0 radical (unpaired) electrons. The number of alkyl halides is 1. The number of Topliss-reactive ketones (excluding diaryl/α,β-unsaturated/α-hetero) is 1. The van der Waals surface area contributed by atoms with E-state index in [1.807, 2.05) is 4.90 Å². The number of nitrogens with one attached hydrogen (secondary N) is 1. The average molecular weight is 796 g/mol. The lowest BCUT2D eigenvalue weighted by Crippen LogP contribution is -2.69. The van der Waals surface area contributed by atoms with E-state index in [9.17, 15) is 44.7 Å². The van der Waals surface area contributed by atoms with Gasteiger partial charge in [0.15, 0.2) is 34.4 Å². The first-order valence-corrected chi connectivity index (χ1v) is 20.0. The highest BCUT2D eigenvalue weighted by atomic mass is 19.1. The van der Waals surface area contributed by atoms with Crippen molar-refractivity contribution in [1.29, 1.82) is 0 Å². The molecule has 0 bridgehead atoms. The number of carboxylic acids is 1. The van der Waals surface area contributed by atoms with Crippen LogP contribution in [0, 0.1) is 34.4 Å². The molecule has 6 fully saturated rings. The molecule has 0 amide bonds. The minimum absolute atomic E-state index is 0.0135. The van der Waals surface area contributed by atoms with Crippen LogP contribution in [0.15, 0.2) is 40.9 Å². The summed E-state index contributed by atoms with van der Waals surface area (Å²) in [5.74, 6) is -3.45. The van der Waals surface area contributed by atoms with Crippen molar-refractivity contribution in [3.8, 4) is 5.75 Å². The van der Waals surface area contributed by atoms with Gasteiger partial charge < -0.3 is 45.1 Å². The molecule has 7 aliphatic rings. The standard InChI is InChI=1S/C21H24FN3O4.C21H27FO6/c1-29-20-17-13(19(26)14(21(27)28)9-25(17)12-4-5-12)7-15(22)18(20)24-8-11-3-2-6-23-16(11)10-24;1-18-6-5-12(24)7-11(18)3-4-13-14-8-15(25)21(28,17(27)10-23)19(14,2)9-16(26)20(13,18)22/h7,9,11-12,16,23H,2-6,8,10H2,1H3,(H,27,28);5-7,13-16,23,25-26,28H,3-4,8-10H2,1-2H3/t11-,16+;13-,14-,15+,16-,18-,19-,20-,21-/m00/s1. The first kappa shape index (κ1) is 39.8. The second kappa shape index (κ2) is 13.8. The number of hydrogen-bond acceptors (Lipinski definition) is 11. The lowest BCUT2D eigenvalue weighted by molar-refractivity contribution is -0.222. The molecule has 57 heavy (non-hydrogen) atoms. The number of carbonyl (C=O) groups excluding carboxylic acids is 2. The number of aliphatic hydroxyl groups is 4. The summed E-state index contributed by atoms with van der Waals surface area (Å²) in [5, 5.41) is 55.1. The van der Waals surface area contributed by atoms with E-state index in [2.05, 4.69) is 5.32 Å². The number of hydrogen-bond donors (Lipinski definition) is 6. The number of carbonyl (C=O) groups is 3. The maximum absolute atomic E-state index is 16.8. The minimum Gasteiger partial charge on any atom is -0.492 e. The highest BCUT2D eigenvalue weighted by Gasteiger charge is 2.76. The molecule has 1 aromatic heterocycles. The SMILES string of the molecule is COc1c(N2C[C@@H]3CCCN[C@@H]3C2)c(F)cc2c(=O)c(C(=O)O)cn(C3CC3)c12.C[C@]12C=CC(=O)C=C1CC[C@H]1[C@@H]3C[C@@H](O)[C@](O)(C(=O)CO)[C@@]3(C)C[C@H](O)[C@@]12F. The number of aromatic nitrogens is 1. The quantitative estimate of drug-likeness (QED) is 0.250. The molecule has 0 unspecified atom stereocenters. The summed E-state index contributed by atoms with van der Waals surface area (Å²) in [4.78, 5) is 50.5. The van der Waals surface area contributed by atoms with Crippen LogP contribution in [-0.4, -0.2) is 111 Å². The molecule has 9 rings (SSSR count). The summed E-state index contributed by atoms with van der Waals surface area (Å²) >= 11 is 0. The van der Waals surface area contributed by atoms with Crippen LogP contribution in [0.4, 0.5) is 14.5 Å². The van der Waals surface area contributed by atoms with Gasteiger partial charge >= 0.3 is 5.97 Å². The molecule has 3 heterocycles. The molecule has 6 N–H and O–H groups in total. The number of benzene rings is 1. The summed E-state index contributed by atoms with van der Waals surface area (Å²) in [6, 6.07) is 1.62. The second-order valence-corrected chi connectivity index (χ2v) is 17.7. The molecule has 15 heteroatoms. The van der Waals surface area contributed by atoms with Gasteiger partial charge in [0.05, 0.1) is 30.2 Å². The van der Waals surface area contributed by atoms with Gasteiger partial charge in [0.2, 0.25) is 5.43 Å². The van der Waals surface area contributed by atoms with Crippen LogP contribution in [0.5, 0.6) is 5.75 Å². The number of fused-ring (bicyclic) bond motifs is 7. The van der Waals surface area contributed by atoms with E-state index in [1.165, 1.54) is 37.6 Å². The number of allylic oxidation sites excluding steroid dienone is 4. The van der Waals surface area contributed by atoms with Crippen molar-refractivity contribution < 1.29 is 53.4 Å². The van der Waals surface area contributed by atoms with E-state index in [1.54, 1.807) is 18.4 Å².